The summed E-state index contributed by atoms with van der Waals surface area (Å²) in [5.41, 5.74) is 10.4. The summed E-state index contributed by atoms with van der Waals surface area (Å²) in [6.07, 6.45) is 2.16. The van der Waals surface area contributed by atoms with E-state index in [-0.39, 0.29) is 37.7 Å². The van der Waals surface area contributed by atoms with E-state index >= 15 is 0 Å². The fraction of sp³-hybridized carbons (Fsp3) is 0.833. The molecule has 4 nitrogen and oxygen atoms in total. The van der Waals surface area contributed by atoms with E-state index in [2.05, 4.69) is 0 Å². The van der Waals surface area contributed by atoms with Crippen molar-refractivity contribution >= 4 is 43.7 Å². The zero-order valence-corrected chi connectivity index (χ0v) is 8.83. The molecule has 1 atom stereocenters. The smallest absolute Gasteiger partial charge is 0.320 e. The molecule has 5 heteroatoms. The zero-order valence-electron chi connectivity index (χ0n) is 6.62. The van der Waals surface area contributed by atoms with Gasteiger partial charge >= 0.3 is 5.97 Å². The molecule has 0 heterocycles. The summed E-state index contributed by atoms with van der Waals surface area (Å²) in [4.78, 5) is 10.1. The van der Waals surface area contributed by atoms with Crippen LogP contribution < -0.4 is 11.5 Å². The third-order valence-electron chi connectivity index (χ3n) is 1.29. The minimum Gasteiger partial charge on any atom is -0.480 e. The van der Waals surface area contributed by atoms with Crippen LogP contribution in [0.15, 0.2) is 0 Å². The Bertz CT molecular complexity index is 111. The van der Waals surface area contributed by atoms with Gasteiger partial charge in [0.2, 0.25) is 0 Å². The molecule has 0 bridgehead atoms. The Kier molecular flexibility index (Phi) is 11.3. The zero-order chi connectivity index (χ0) is 7.98. The molecule has 0 saturated heterocycles. The molecular weight excluding hydrogens is 172 g/mol. The van der Waals surface area contributed by atoms with Gasteiger partial charge in [-0.15, -0.1) is 0 Å². The first-order valence-electron chi connectivity index (χ1n) is 3.37. The fourth-order valence-electron chi connectivity index (χ4n) is 0.632. The normalized spacial score (nSPS) is 11.8. The maximum Gasteiger partial charge on any atom is 0.320 e. The van der Waals surface area contributed by atoms with E-state index in [9.17, 15) is 4.79 Å². The van der Waals surface area contributed by atoms with Crippen LogP contribution in [0.5, 0.6) is 0 Å². The van der Waals surface area contributed by atoms with E-state index < -0.39 is 12.0 Å². The Hall–Kier alpha value is 0.650. The molecule has 0 aliphatic rings. The predicted molar refractivity (Wildman–Crippen MR) is 44.3 cm³/mol. The van der Waals surface area contributed by atoms with Crippen LogP contribution in [-0.4, -0.2) is 61.4 Å². The second kappa shape index (κ2) is 8.74. The van der Waals surface area contributed by atoms with Crippen molar-refractivity contribution in [2.75, 3.05) is 6.54 Å². The first-order chi connectivity index (χ1) is 4.68. The van der Waals surface area contributed by atoms with Gasteiger partial charge in [0.15, 0.2) is 0 Å². The summed E-state index contributed by atoms with van der Waals surface area (Å²) in [6, 6.07) is -0.716. The second-order valence-electron chi connectivity index (χ2n) is 2.23. The molecule has 11 heavy (non-hydrogen) atoms. The van der Waals surface area contributed by atoms with Gasteiger partial charge in [-0.05, 0) is 19.4 Å². The molecule has 62 valence electrons. The first-order valence-corrected chi connectivity index (χ1v) is 3.37. The summed E-state index contributed by atoms with van der Waals surface area (Å²) in [7, 11) is 0. The van der Waals surface area contributed by atoms with Crippen molar-refractivity contribution < 1.29 is 9.90 Å². The van der Waals surface area contributed by atoms with Crippen LogP contribution in [0.1, 0.15) is 19.3 Å². The third-order valence-corrected chi connectivity index (χ3v) is 1.29. The van der Waals surface area contributed by atoms with Crippen LogP contribution in [0.2, 0.25) is 0 Å². The molecule has 0 aliphatic heterocycles. The number of carboxylic acids is 1. The molecule has 0 unspecified atom stereocenters. The minimum absolute atomic E-state index is 0. The summed E-state index contributed by atoms with van der Waals surface area (Å²) < 4.78 is 0. The van der Waals surface area contributed by atoms with Gasteiger partial charge in [0.25, 0.3) is 0 Å². The van der Waals surface area contributed by atoms with Gasteiger partial charge < -0.3 is 16.6 Å². The average Bonchev–Trinajstić information content (AvgIpc) is 1.88. The number of carbonyl (C=O) groups is 1. The van der Waals surface area contributed by atoms with Crippen molar-refractivity contribution in [3.05, 3.63) is 0 Å². The van der Waals surface area contributed by atoms with Gasteiger partial charge in [0.1, 0.15) is 6.04 Å². The van der Waals surface area contributed by atoms with E-state index in [1.165, 1.54) is 0 Å². The number of carboxylic acid groups (broad SMARTS) is 1. The topological polar surface area (TPSA) is 89.3 Å². The van der Waals surface area contributed by atoms with Gasteiger partial charge in [0, 0.05) is 37.7 Å². The van der Waals surface area contributed by atoms with E-state index in [1.807, 2.05) is 0 Å². The number of hydrogen-bond acceptors (Lipinski definition) is 3. The maximum absolute atomic E-state index is 10.1. The minimum atomic E-state index is -0.933. The first kappa shape index (κ1) is 14.2. The largest absolute Gasteiger partial charge is 0.480 e. The Morgan fingerprint density at radius 3 is 2.36 bits per heavy atom. The van der Waals surface area contributed by atoms with Crippen LogP contribution in [0.25, 0.3) is 0 Å². The number of hydrogen-bond donors (Lipinski definition) is 3. The summed E-state index contributed by atoms with van der Waals surface area (Å²) in [5, 5.41) is 8.33. The van der Waals surface area contributed by atoms with Crippen LogP contribution in [0, 0.1) is 0 Å². The van der Waals surface area contributed by atoms with Crippen LogP contribution in [0.4, 0.5) is 0 Å². The molecule has 0 fully saturated rings. The Balaban J connectivity index is 0. The Morgan fingerprint density at radius 1 is 1.45 bits per heavy atom. The van der Waals surface area contributed by atoms with E-state index in [4.69, 9.17) is 16.6 Å². The third kappa shape index (κ3) is 8.56. The van der Waals surface area contributed by atoms with E-state index in [0.717, 1.165) is 12.8 Å². The van der Waals surface area contributed by atoms with Crippen molar-refractivity contribution in [2.24, 2.45) is 11.5 Å². The number of aliphatic carboxylic acids is 1. The van der Waals surface area contributed by atoms with E-state index in [1.54, 1.807) is 0 Å². The summed E-state index contributed by atoms with van der Waals surface area (Å²) in [5.74, 6) is -0.933. The van der Waals surface area contributed by atoms with Crippen LogP contribution >= 0.6 is 0 Å². The maximum atomic E-state index is 10.1. The predicted octanol–water partition coefficient (Wildman–Crippen LogP) is -0.853. The van der Waals surface area contributed by atoms with Gasteiger partial charge in [-0.1, -0.05) is 6.42 Å². The second-order valence-corrected chi connectivity index (χ2v) is 2.23. The van der Waals surface area contributed by atoms with Crippen molar-refractivity contribution in [1.29, 1.82) is 0 Å². The molecular formula is C6H14CaN2O2. The molecule has 0 aromatic rings. The molecule has 0 saturated carbocycles. The number of nitrogens with two attached hydrogens (primary N) is 2. The van der Waals surface area contributed by atoms with Gasteiger partial charge in [-0.2, -0.15) is 0 Å². The molecule has 0 spiro atoms. The molecule has 0 amide bonds. The van der Waals surface area contributed by atoms with Crippen LogP contribution in [-0.2, 0) is 4.79 Å². The average molecular weight is 186 g/mol. The molecule has 2 radical (unpaired) electrons. The van der Waals surface area contributed by atoms with Crippen molar-refractivity contribution in [2.45, 2.75) is 25.3 Å². The summed E-state index contributed by atoms with van der Waals surface area (Å²) in [6.45, 7) is 0.604. The number of rotatable bonds is 5. The SMILES string of the molecule is NCCCC[C@H](N)C(=O)O.[Ca]. The van der Waals surface area contributed by atoms with Gasteiger partial charge in [0.05, 0.1) is 0 Å². The number of unbranched alkanes of at least 4 members (excludes halogenated alkanes) is 1. The van der Waals surface area contributed by atoms with Gasteiger partial charge in [-0.25, -0.2) is 0 Å². The molecule has 0 aliphatic carbocycles. The molecule has 0 aromatic carbocycles. The molecule has 5 N–H and O–H groups in total. The summed E-state index contributed by atoms with van der Waals surface area (Å²) >= 11 is 0. The fourth-order valence-corrected chi connectivity index (χ4v) is 0.632. The Labute approximate surface area is 96.3 Å². The quantitative estimate of drug-likeness (QED) is 0.385. The van der Waals surface area contributed by atoms with Crippen LogP contribution in [0.3, 0.4) is 0 Å². The Morgan fingerprint density at radius 2 is 2.00 bits per heavy atom. The molecule has 0 rings (SSSR count). The molecule has 0 aromatic heterocycles. The van der Waals surface area contributed by atoms with Crippen molar-refractivity contribution in [3.63, 3.8) is 0 Å². The van der Waals surface area contributed by atoms with Gasteiger partial charge in [-0.3, -0.25) is 4.79 Å². The van der Waals surface area contributed by atoms with Crippen molar-refractivity contribution in [3.8, 4) is 0 Å². The standard InChI is InChI=1S/C6H14N2O2.Ca/c7-4-2-1-3-5(8)6(9)10;/h5H,1-4,7-8H2,(H,9,10);/t5-;/m0./s1. The monoisotopic (exact) mass is 186 g/mol. The van der Waals surface area contributed by atoms with E-state index in [0.29, 0.717) is 13.0 Å². The van der Waals surface area contributed by atoms with Crippen molar-refractivity contribution in [1.82, 2.24) is 0 Å².